The zero-order chi connectivity index (χ0) is 11.8. The molecule has 1 aliphatic rings. The van der Waals surface area contributed by atoms with Crippen LogP contribution in [0.5, 0.6) is 0 Å². The van der Waals surface area contributed by atoms with E-state index in [-0.39, 0.29) is 0 Å². The Morgan fingerprint density at radius 2 is 1.94 bits per heavy atom. The highest BCUT2D eigenvalue weighted by molar-refractivity contribution is 5.59. The Balaban J connectivity index is 1.93. The lowest BCUT2D eigenvalue weighted by Crippen LogP contribution is -2.37. The summed E-state index contributed by atoms with van der Waals surface area (Å²) in [5.41, 5.74) is 9.56. The molecule has 17 heavy (non-hydrogen) atoms. The van der Waals surface area contributed by atoms with E-state index in [1.165, 1.54) is 16.8 Å². The van der Waals surface area contributed by atoms with E-state index in [1.807, 2.05) is 12.5 Å². The molecule has 0 bridgehead atoms. The summed E-state index contributed by atoms with van der Waals surface area (Å²) in [6, 6.07) is 9.48. The lowest BCUT2D eigenvalue weighted by Gasteiger charge is -2.34. The maximum absolute atomic E-state index is 5.85. The quantitative estimate of drug-likeness (QED) is 0.856. The van der Waals surface area contributed by atoms with Crippen molar-refractivity contribution in [1.82, 2.24) is 9.55 Å². The topological polar surface area (TPSA) is 43.8 Å². The minimum Gasteiger partial charge on any atom is -0.328 e. The van der Waals surface area contributed by atoms with Crippen molar-refractivity contribution in [2.24, 2.45) is 5.73 Å². The van der Waals surface area contributed by atoms with Crippen molar-refractivity contribution in [3.05, 3.63) is 42.4 Å². The first-order valence-electron chi connectivity index (χ1n) is 6.08. The molecule has 0 unspecified atom stereocenters. The number of benzene rings is 1. The van der Waals surface area contributed by atoms with E-state index >= 15 is 0 Å². The lowest BCUT2D eigenvalue weighted by atomic mass is 9.87. The predicted molar refractivity (Wildman–Crippen MR) is 68.6 cm³/mol. The summed E-state index contributed by atoms with van der Waals surface area (Å²) in [6.07, 6.45) is 5.99. The largest absolute Gasteiger partial charge is 0.328 e. The second kappa shape index (κ2) is 4.00. The van der Waals surface area contributed by atoms with Crippen molar-refractivity contribution in [1.29, 1.82) is 0 Å². The minimum absolute atomic E-state index is 0.369. The van der Waals surface area contributed by atoms with Crippen LogP contribution < -0.4 is 5.73 Å². The van der Waals surface area contributed by atoms with Gasteiger partial charge in [0, 0.05) is 12.1 Å². The van der Waals surface area contributed by atoms with E-state index in [2.05, 4.69) is 40.7 Å². The Morgan fingerprint density at radius 3 is 2.59 bits per heavy atom. The molecule has 1 aliphatic carbocycles. The van der Waals surface area contributed by atoms with Crippen LogP contribution in [0.25, 0.3) is 11.3 Å². The monoisotopic (exact) mass is 227 g/mol. The minimum atomic E-state index is 0.369. The van der Waals surface area contributed by atoms with Crippen molar-refractivity contribution in [2.75, 3.05) is 0 Å². The van der Waals surface area contributed by atoms with Crippen LogP contribution in [0.15, 0.2) is 36.8 Å². The van der Waals surface area contributed by atoms with E-state index in [0.29, 0.717) is 12.1 Å². The van der Waals surface area contributed by atoms with Gasteiger partial charge >= 0.3 is 0 Å². The molecule has 0 amide bonds. The summed E-state index contributed by atoms with van der Waals surface area (Å²) in [5, 5.41) is 0. The van der Waals surface area contributed by atoms with Crippen molar-refractivity contribution in [3.63, 3.8) is 0 Å². The molecule has 2 aromatic rings. The fourth-order valence-electron chi connectivity index (χ4n) is 2.40. The number of nitrogens with zero attached hydrogens (tertiary/aromatic N) is 2. The Morgan fingerprint density at radius 1 is 1.24 bits per heavy atom. The third kappa shape index (κ3) is 1.87. The number of aromatic nitrogens is 2. The first-order chi connectivity index (χ1) is 8.24. The molecule has 1 heterocycles. The second-order valence-electron chi connectivity index (χ2n) is 4.94. The van der Waals surface area contributed by atoms with Gasteiger partial charge in [0.2, 0.25) is 0 Å². The Labute approximate surface area is 101 Å². The van der Waals surface area contributed by atoms with E-state index in [4.69, 9.17) is 5.73 Å². The second-order valence-corrected chi connectivity index (χ2v) is 4.94. The number of nitrogens with two attached hydrogens (primary N) is 1. The van der Waals surface area contributed by atoms with Crippen molar-refractivity contribution < 1.29 is 0 Å². The van der Waals surface area contributed by atoms with E-state index < -0.39 is 0 Å². The highest BCUT2D eigenvalue weighted by Gasteiger charge is 2.28. The van der Waals surface area contributed by atoms with Crippen molar-refractivity contribution >= 4 is 0 Å². The fourth-order valence-corrected chi connectivity index (χ4v) is 2.40. The molecule has 3 nitrogen and oxygen atoms in total. The van der Waals surface area contributed by atoms with E-state index in [0.717, 1.165) is 12.8 Å². The summed E-state index contributed by atoms with van der Waals surface area (Å²) in [7, 11) is 0. The van der Waals surface area contributed by atoms with Crippen molar-refractivity contribution in [2.45, 2.75) is 31.8 Å². The highest BCUT2D eigenvalue weighted by atomic mass is 15.1. The van der Waals surface area contributed by atoms with Crippen LogP contribution in [-0.4, -0.2) is 15.6 Å². The zero-order valence-corrected chi connectivity index (χ0v) is 10.0. The first-order valence-corrected chi connectivity index (χ1v) is 6.08. The predicted octanol–water partition coefficient (Wildman–Crippen LogP) is 2.52. The van der Waals surface area contributed by atoms with Gasteiger partial charge in [-0.15, -0.1) is 0 Å². The molecule has 0 aliphatic heterocycles. The van der Waals surface area contributed by atoms with Crippen LogP contribution in [0, 0.1) is 6.92 Å². The van der Waals surface area contributed by atoms with Crippen LogP contribution in [0.4, 0.5) is 0 Å². The number of rotatable bonds is 2. The smallest absolute Gasteiger partial charge is 0.0953 e. The van der Waals surface area contributed by atoms with Gasteiger partial charge < -0.3 is 10.3 Å². The van der Waals surface area contributed by atoms with Crippen LogP contribution >= 0.6 is 0 Å². The molecular formula is C14H17N3. The number of hydrogen-bond acceptors (Lipinski definition) is 2. The highest BCUT2D eigenvalue weighted by Crippen LogP contribution is 2.34. The summed E-state index contributed by atoms with van der Waals surface area (Å²) in [5.74, 6) is 0. The van der Waals surface area contributed by atoms with E-state index in [9.17, 15) is 0 Å². The fraction of sp³-hybridized carbons (Fsp3) is 0.357. The standard InChI is InChI=1S/C14H17N3/c1-10-2-4-11(5-3-10)14-8-16-9-17(14)13-6-12(15)7-13/h2-5,8-9,12-13H,6-7,15H2,1H3. The average molecular weight is 227 g/mol. The molecule has 0 radical (unpaired) electrons. The molecular weight excluding hydrogens is 210 g/mol. The average Bonchev–Trinajstić information content (AvgIpc) is 2.74. The molecule has 1 aromatic carbocycles. The molecule has 0 spiro atoms. The van der Waals surface area contributed by atoms with Gasteiger partial charge in [-0.3, -0.25) is 0 Å². The van der Waals surface area contributed by atoms with E-state index in [1.54, 1.807) is 0 Å². The Kier molecular flexibility index (Phi) is 2.48. The maximum Gasteiger partial charge on any atom is 0.0953 e. The zero-order valence-electron chi connectivity index (χ0n) is 10.0. The molecule has 1 fully saturated rings. The molecule has 0 atom stereocenters. The SMILES string of the molecule is Cc1ccc(-c2cncn2C2CC(N)C2)cc1. The number of hydrogen-bond donors (Lipinski definition) is 1. The summed E-state index contributed by atoms with van der Waals surface area (Å²) >= 11 is 0. The lowest BCUT2D eigenvalue weighted by molar-refractivity contribution is 0.268. The summed E-state index contributed by atoms with van der Waals surface area (Å²) in [4.78, 5) is 4.27. The Hall–Kier alpha value is -1.61. The first kappa shape index (κ1) is 10.5. The van der Waals surface area contributed by atoms with Crippen LogP contribution in [-0.2, 0) is 0 Å². The number of imidazole rings is 1. The van der Waals surface area contributed by atoms with Crippen molar-refractivity contribution in [3.8, 4) is 11.3 Å². The van der Waals surface area contributed by atoms with Gasteiger partial charge in [-0.05, 0) is 25.3 Å². The third-order valence-corrected chi connectivity index (χ3v) is 3.56. The molecule has 3 rings (SSSR count). The Bertz CT molecular complexity index is 507. The normalized spacial score (nSPS) is 23.4. The molecule has 3 heteroatoms. The van der Waals surface area contributed by atoms with Gasteiger partial charge in [-0.1, -0.05) is 29.8 Å². The van der Waals surface area contributed by atoms with Gasteiger partial charge in [0.05, 0.1) is 18.2 Å². The summed E-state index contributed by atoms with van der Waals surface area (Å²) < 4.78 is 2.26. The molecule has 88 valence electrons. The molecule has 1 saturated carbocycles. The third-order valence-electron chi connectivity index (χ3n) is 3.56. The van der Waals surface area contributed by atoms with Gasteiger partial charge in [-0.25, -0.2) is 4.98 Å². The molecule has 2 N–H and O–H groups in total. The van der Waals surface area contributed by atoms with Gasteiger partial charge in [0.1, 0.15) is 0 Å². The molecule has 1 aromatic heterocycles. The maximum atomic E-state index is 5.85. The van der Waals surface area contributed by atoms with Crippen LogP contribution in [0.1, 0.15) is 24.4 Å². The van der Waals surface area contributed by atoms with Gasteiger partial charge in [0.25, 0.3) is 0 Å². The number of aryl methyl sites for hydroxylation is 1. The molecule has 0 saturated heterocycles. The van der Waals surface area contributed by atoms with Crippen LogP contribution in [0.3, 0.4) is 0 Å². The van der Waals surface area contributed by atoms with Gasteiger partial charge in [0.15, 0.2) is 0 Å². The van der Waals surface area contributed by atoms with Crippen LogP contribution in [0.2, 0.25) is 0 Å². The summed E-state index contributed by atoms with van der Waals surface area (Å²) in [6.45, 7) is 2.10. The van der Waals surface area contributed by atoms with Gasteiger partial charge in [-0.2, -0.15) is 0 Å².